The van der Waals surface area contributed by atoms with Crippen molar-refractivity contribution in [2.45, 2.75) is 44.2 Å². The zero-order valence-corrected chi connectivity index (χ0v) is 21.1. The van der Waals surface area contributed by atoms with E-state index in [-0.39, 0.29) is 23.4 Å². The predicted molar refractivity (Wildman–Crippen MR) is 131 cm³/mol. The third-order valence-corrected chi connectivity index (χ3v) is 6.36. The average molecular weight is 511 g/mol. The molecule has 37 heavy (non-hydrogen) atoms. The first-order valence-electron chi connectivity index (χ1n) is 11.7. The van der Waals surface area contributed by atoms with Crippen molar-refractivity contribution < 1.29 is 37.8 Å². The minimum absolute atomic E-state index is 0.00938. The number of ether oxygens (including phenoxy) is 3. The molecule has 0 saturated carbocycles. The second-order valence-corrected chi connectivity index (χ2v) is 9.72. The molecule has 4 rings (SSSR count). The standard InChI is InChI=1S/C27H27FN2O7/c1-6-36-21(31)20-26(15-29-27(20,23(33)35-5)16-10-8-7-9-11-16)18-14-17(28)12-13-19(18)30(22(26)32)24(34)37-25(2,3)4/h7-15,20H,6H2,1-5H3/t20-,26-,27-/m0/s1. The SMILES string of the molecule is CCOC(=O)[C@H]1[C@@]2(C=N[C@@]1(C(=O)OC)c1ccccc1)C(=O)N(C(=O)OC(C)(C)C)c1ccc(F)cc12. The molecular weight excluding hydrogens is 483 g/mol. The first-order valence-corrected chi connectivity index (χ1v) is 11.7. The molecule has 0 radical (unpaired) electrons. The van der Waals surface area contributed by atoms with Crippen LogP contribution in [0.3, 0.4) is 0 Å². The Hall–Kier alpha value is -4.08. The van der Waals surface area contributed by atoms with Crippen LogP contribution in [-0.2, 0) is 39.5 Å². The van der Waals surface area contributed by atoms with Gasteiger partial charge in [0, 0.05) is 11.8 Å². The van der Waals surface area contributed by atoms with Crippen LogP contribution >= 0.6 is 0 Å². The van der Waals surface area contributed by atoms with Gasteiger partial charge in [-0.1, -0.05) is 30.3 Å². The molecule has 1 spiro atoms. The Morgan fingerprint density at radius 2 is 1.78 bits per heavy atom. The summed E-state index contributed by atoms with van der Waals surface area (Å²) in [5.41, 5.74) is -4.83. The van der Waals surface area contributed by atoms with E-state index in [2.05, 4.69) is 4.99 Å². The molecule has 2 aromatic carbocycles. The summed E-state index contributed by atoms with van der Waals surface area (Å²) in [6.45, 7) is 6.38. The van der Waals surface area contributed by atoms with E-state index in [4.69, 9.17) is 14.2 Å². The lowest BCUT2D eigenvalue weighted by Gasteiger charge is -2.36. The van der Waals surface area contributed by atoms with E-state index < -0.39 is 52.2 Å². The van der Waals surface area contributed by atoms with Crippen LogP contribution in [0, 0.1) is 11.7 Å². The van der Waals surface area contributed by atoms with Crippen molar-refractivity contribution in [2.75, 3.05) is 18.6 Å². The molecule has 194 valence electrons. The fraction of sp³-hybridized carbons (Fsp3) is 0.370. The van der Waals surface area contributed by atoms with Gasteiger partial charge in [0.25, 0.3) is 5.91 Å². The van der Waals surface area contributed by atoms with Gasteiger partial charge in [0.05, 0.1) is 19.4 Å². The molecule has 0 bridgehead atoms. The summed E-state index contributed by atoms with van der Waals surface area (Å²) < 4.78 is 30.5. The Balaban J connectivity index is 2.03. The lowest BCUT2D eigenvalue weighted by molar-refractivity contribution is -0.163. The second kappa shape index (κ2) is 9.10. The number of halogens is 1. The molecule has 2 aliphatic rings. The Bertz CT molecular complexity index is 1300. The molecule has 0 saturated heterocycles. The average Bonchev–Trinajstić information content (AvgIpc) is 3.33. The summed E-state index contributed by atoms with van der Waals surface area (Å²) in [6, 6.07) is 11.5. The first-order chi connectivity index (χ1) is 17.4. The van der Waals surface area contributed by atoms with Crippen molar-refractivity contribution in [2.24, 2.45) is 10.9 Å². The van der Waals surface area contributed by atoms with E-state index in [1.807, 2.05) is 0 Å². The molecule has 0 aliphatic carbocycles. The number of hydrogen-bond acceptors (Lipinski definition) is 8. The van der Waals surface area contributed by atoms with E-state index in [9.17, 15) is 23.6 Å². The topological polar surface area (TPSA) is 112 Å². The molecule has 0 N–H and O–H groups in total. The monoisotopic (exact) mass is 510 g/mol. The maximum absolute atomic E-state index is 14.6. The van der Waals surface area contributed by atoms with Crippen LogP contribution in [0.5, 0.6) is 0 Å². The number of aliphatic imine (C=N–C) groups is 1. The molecule has 9 nitrogen and oxygen atoms in total. The number of anilines is 1. The Morgan fingerprint density at radius 1 is 1.11 bits per heavy atom. The molecule has 2 amide bonds. The normalized spacial score (nSPS) is 24.2. The summed E-state index contributed by atoms with van der Waals surface area (Å²) >= 11 is 0. The smallest absolute Gasteiger partial charge is 0.421 e. The fourth-order valence-electron chi connectivity index (χ4n) is 4.98. The number of methoxy groups -OCH3 is 1. The van der Waals surface area contributed by atoms with Gasteiger partial charge in [-0.3, -0.25) is 14.6 Å². The van der Waals surface area contributed by atoms with Gasteiger partial charge in [-0.05, 0) is 51.5 Å². The number of amides is 2. The maximum atomic E-state index is 14.6. The molecular formula is C27H27FN2O7. The van der Waals surface area contributed by atoms with Crippen molar-refractivity contribution in [1.29, 1.82) is 0 Å². The largest absolute Gasteiger partial charge is 0.467 e. The van der Waals surface area contributed by atoms with Gasteiger partial charge in [-0.2, -0.15) is 0 Å². The van der Waals surface area contributed by atoms with Crippen LogP contribution in [-0.4, -0.2) is 49.5 Å². The first kappa shape index (κ1) is 26.0. The van der Waals surface area contributed by atoms with Gasteiger partial charge in [-0.15, -0.1) is 0 Å². The van der Waals surface area contributed by atoms with Crippen molar-refractivity contribution in [3.05, 3.63) is 65.5 Å². The van der Waals surface area contributed by atoms with Crippen LogP contribution in [0.4, 0.5) is 14.9 Å². The van der Waals surface area contributed by atoms with Crippen molar-refractivity contribution in [3.63, 3.8) is 0 Å². The highest BCUT2D eigenvalue weighted by atomic mass is 19.1. The number of rotatable bonds is 4. The molecule has 0 unspecified atom stereocenters. The van der Waals surface area contributed by atoms with E-state index >= 15 is 0 Å². The third-order valence-electron chi connectivity index (χ3n) is 6.36. The Morgan fingerprint density at radius 3 is 2.38 bits per heavy atom. The summed E-state index contributed by atoms with van der Waals surface area (Å²) in [7, 11) is 1.13. The number of carbonyl (C=O) groups is 4. The van der Waals surface area contributed by atoms with E-state index in [1.165, 1.54) is 6.07 Å². The van der Waals surface area contributed by atoms with Gasteiger partial charge >= 0.3 is 18.0 Å². The fourth-order valence-corrected chi connectivity index (χ4v) is 4.98. The minimum atomic E-state index is -2.06. The Labute approximate surface area is 213 Å². The lowest BCUT2D eigenvalue weighted by atomic mass is 9.64. The number of hydrogen-bond donors (Lipinski definition) is 0. The van der Waals surface area contributed by atoms with Gasteiger partial charge in [0.1, 0.15) is 22.8 Å². The highest BCUT2D eigenvalue weighted by Gasteiger charge is 2.72. The molecule has 2 aromatic rings. The lowest BCUT2D eigenvalue weighted by Crippen LogP contribution is -2.56. The Kier molecular flexibility index (Phi) is 6.39. The van der Waals surface area contributed by atoms with Crippen LogP contribution < -0.4 is 4.90 Å². The van der Waals surface area contributed by atoms with Gasteiger partial charge in [0.15, 0.2) is 5.54 Å². The number of esters is 2. The van der Waals surface area contributed by atoms with Crippen molar-refractivity contribution in [1.82, 2.24) is 0 Å². The molecule has 10 heteroatoms. The minimum Gasteiger partial charge on any atom is -0.467 e. The number of benzene rings is 2. The molecule has 2 heterocycles. The summed E-state index contributed by atoms with van der Waals surface area (Å²) in [6.07, 6.45) is 0.109. The van der Waals surface area contributed by atoms with E-state index in [0.29, 0.717) is 0 Å². The zero-order valence-electron chi connectivity index (χ0n) is 21.1. The number of imide groups is 1. The quantitative estimate of drug-likeness (QED) is 0.456. The molecule has 2 aliphatic heterocycles. The molecule has 0 fully saturated rings. The highest BCUT2D eigenvalue weighted by Crippen LogP contribution is 2.57. The maximum Gasteiger partial charge on any atom is 0.421 e. The van der Waals surface area contributed by atoms with Gasteiger partial charge in [-0.25, -0.2) is 18.9 Å². The summed E-state index contributed by atoms with van der Waals surface area (Å²) in [5.74, 6) is -5.17. The van der Waals surface area contributed by atoms with E-state index in [1.54, 1.807) is 58.0 Å². The van der Waals surface area contributed by atoms with Crippen molar-refractivity contribution in [3.8, 4) is 0 Å². The van der Waals surface area contributed by atoms with E-state index in [0.717, 1.165) is 30.4 Å². The second-order valence-electron chi connectivity index (χ2n) is 9.72. The van der Waals surface area contributed by atoms with Crippen molar-refractivity contribution >= 4 is 35.8 Å². The zero-order chi connectivity index (χ0) is 27.2. The molecule has 3 atom stereocenters. The van der Waals surface area contributed by atoms with Crippen LogP contribution in [0.2, 0.25) is 0 Å². The van der Waals surface area contributed by atoms with Crippen LogP contribution in [0.25, 0.3) is 0 Å². The van der Waals surface area contributed by atoms with Crippen LogP contribution in [0.1, 0.15) is 38.8 Å². The number of fused-ring (bicyclic) bond motifs is 2. The summed E-state index contributed by atoms with van der Waals surface area (Å²) in [4.78, 5) is 59.8. The highest BCUT2D eigenvalue weighted by molar-refractivity contribution is 6.29. The molecule has 0 aromatic heterocycles. The van der Waals surface area contributed by atoms with Gasteiger partial charge in [0.2, 0.25) is 0 Å². The third kappa shape index (κ3) is 3.87. The number of carbonyl (C=O) groups excluding carboxylic acids is 4. The van der Waals surface area contributed by atoms with Gasteiger partial charge < -0.3 is 14.2 Å². The predicted octanol–water partition coefficient (Wildman–Crippen LogP) is 3.68. The number of nitrogens with zero attached hydrogens (tertiary/aromatic N) is 2. The summed E-state index contributed by atoms with van der Waals surface area (Å²) in [5, 5.41) is 0. The van der Waals surface area contributed by atoms with Crippen LogP contribution in [0.15, 0.2) is 53.5 Å².